The molecule has 0 spiro atoms. The Morgan fingerprint density at radius 1 is 1.25 bits per heavy atom. The van der Waals surface area contributed by atoms with Crippen LogP contribution in [0.4, 0.5) is 4.39 Å². The van der Waals surface area contributed by atoms with Crippen LogP contribution >= 0.6 is 23.4 Å². The number of hydrogen-bond donors (Lipinski definition) is 0. The fraction of sp³-hybridized carbons (Fsp3) is 0.278. The molecule has 0 saturated heterocycles. The lowest BCUT2D eigenvalue weighted by molar-refractivity contribution is -0.127. The lowest BCUT2D eigenvalue weighted by atomic mass is 10.2. The minimum atomic E-state index is -0.343. The molecule has 0 aliphatic carbocycles. The van der Waals surface area contributed by atoms with E-state index in [2.05, 4.69) is 0 Å². The van der Waals surface area contributed by atoms with Gasteiger partial charge in [-0.15, -0.1) is 11.8 Å². The summed E-state index contributed by atoms with van der Waals surface area (Å²) in [4.78, 5) is 13.9. The molecule has 6 heteroatoms. The van der Waals surface area contributed by atoms with Gasteiger partial charge in [0, 0.05) is 35.5 Å². The number of carbonyl (C=O) groups is 1. The van der Waals surface area contributed by atoms with Crippen molar-refractivity contribution in [2.24, 2.45) is 0 Å². The summed E-state index contributed by atoms with van der Waals surface area (Å²) in [7, 11) is 3.35. The molecule has 0 bridgehead atoms. The number of carbonyl (C=O) groups excluding carboxylic acids is 1. The van der Waals surface area contributed by atoms with Crippen molar-refractivity contribution < 1.29 is 13.9 Å². The summed E-state index contributed by atoms with van der Waals surface area (Å²) in [5.41, 5.74) is 1.38. The third-order valence-corrected chi connectivity index (χ3v) is 4.86. The first kappa shape index (κ1) is 18.6. The number of amides is 1. The molecule has 24 heavy (non-hydrogen) atoms. The van der Waals surface area contributed by atoms with E-state index in [1.165, 1.54) is 17.8 Å². The molecule has 0 aliphatic rings. The number of thioether (sulfide) groups is 1. The highest BCUT2D eigenvalue weighted by Crippen LogP contribution is 2.24. The van der Waals surface area contributed by atoms with Crippen molar-refractivity contribution in [3.05, 3.63) is 64.4 Å². The van der Waals surface area contributed by atoms with Crippen LogP contribution in [0.5, 0.6) is 5.75 Å². The highest BCUT2D eigenvalue weighted by Gasteiger charge is 2.13. The number of rotatable bonds is 7. The zero-order valence-corrected chi connectivity index (χ0v) is 15.2. The van der Waals surface area contributed by atoms with Gasteiger partial charge in [-0.3, -0.25) is 4.79 Å². The summed E-state index contributed by atoms with van der Waals surface area (Å²) in [6.45, 7) is 0.462. The van der Waals surface area contributed by atoms with Gasteiger partial charge in [0.25, 0.3) is 0 Å². The van der Waals surface area contributed by atoms with Crippen LogP contribution in [0.2, 0.25) is 5.02 Å². The van der Waals surface area contributed by atoms with Crippen molar-refractivity contribution in [2.75, 3.05) is 19.9 Å². The standard InChI is InChI=1S/C18H19ClFNO2S/c1-21(10-13-6-3-4-9-17(13)23-2)18(22)12-24-11-14-15(19)7-5-8-16(14)20/h3-9H,10-12H2,1-2H3. The highest BCUT2D eigenvalue weighted by atomic mass is 35.5. The summed E-state index contributed by atoms with van der Waals surface area (Å²) in [6, 6.07) is 12.2. The second kappa shape index (κ2) is 8.94. The number of halogens is 2. The molecule has 2 aromatic carbocycles. The van der Waals surface area contributed by atoms with Crippen molar-refractivity contribution in [1.29, 1.82) is 0 Å². The van der Waals surface area contributed by atoms with Crippen LogP contribution in [0, 0.1) is 5.82 Å². The molecular weight excluding hydrogens is 349 g/mol. The first-order valence-corrected chi connectivity index (χ1v) is 8.92. The van der Waals surface area contributed by atoms with Crippen LogP contribution in [-0.4, -0.2) is 30.7 Å². The van der Waals surface area contributed by atoms with E-state index in [9.17, 15) is 9.18 Å². The normalized spacial score (nSPS) is 10.5. The zero-order chi connectivity index (χ0) is 17.5. The van der Waals surface area contributed by atoms with Crippen LogP contribution < -0.4 is 4.74 Å². The molecule has 0 atom stereocenters. The molecule has 0 N–H and O–H groups in total. The number of methoxy groups -OCH3 is 1. The number of ether oxygens (including phenoxy) is 1. The van der Waals surface area contributed by atoms with Gasteiger partial charge in [-0.1, -0.05) is 35.9 Å². The molecule has 2 rings (SSSR count). The molecular formula is C18H19ClFNO2S. The van der Waals surface area contributed by atoms with E-state index < -0.39 is 0 Å². The number of nitrogens with zero attached hydrogens (tertiary/aromatic N) is 1. The number of benzene rings is 2. The largest absolute Gasteiger partial charge is 0.496 e. The molecule has 0 saturated carbocycles. The molecule has 0 aliphatic heterocycles. The molecule has 0 unspecified atom stereocenters. The summed E-state index contributed by atoms with van der Waals surface area (Å²) in [5, 5.41) is 0.386. The molecule has 1 amide bonds. The average molecular weight is 368 g/mol. The molecule has 0 heterocycles. The van der Waals surface area contributed by atoms with Gasteiger partial charge in [-0.25, -0.2) is 4.39 Å². The van der Waals surface area contributed by atoms with Crippen molar-refractivity contribution in [3.63, 3.8) is 0 Å². The fourth-order valence-electron chi connectivity index (χ4n) is 2.20. The molecule has 0 aromatic heterocycles. The zero-order valence-electron chi connectivity index (χ0n) is 13.6. The van der Waals surface area contributed by atoms with Gasteiger partial charge in [0.1, 0.15) is 11.6 Å². The van der Waals surface area contributed by atoms with Crippen molar-refractivity contribution >= 4 is 29.3 Å². The maximum Gasteiger partial charge on any atom is 0.232 e. The topological polar surface area (TPSA) is 29.5 Å². The van der Waals surface area contributed by atoms with Gasteiger partial charge in [0.05, 0.1) is 12.9 Å². The van der Waals surface area contributed by atoms with E-state index >= 15 is 0 Å². The quantitative estimate of drug-likeness (QED) is 0.727. The SMILES string of the molecule is COc1ccccc1CN(C)C(=O)CSCc1c(F)cccc1Cl. The van der Waals surface area contributed by atoms with Crippen LogP contribution in [0.25, 0.3) is 0 Å². The Bertz CT molecular complexity index is 691. The van der Waals surface area contributed by atoms with Gasteiger partial charge in [-0.2, -0.15) is 0 Å². The fourth-order valence-corrected chi connectivity index (χ4v) is 3.50. The van der Waals surface area contributed by atoms with E-state index in [0.29, 0.717) is 22.9 Å². The second-order valence-corrected chi connectivity index (χ2v) is 6.65. The third-order valence-electron chi connectivity index (χ3n) is 3.56. The van der Waals surface area contributed by atoms with E-state index in [0.717, 1.165) is 11.3 Å². The summed E-state index contributed by atoms with van der Waals surface area (Å²) >= 11 is 7.33. The predicted molar refractivity (Wildman–Crippen MR) is 97.0 cm³/mol. The van der Waals surface area contributed by atoms with E-state index in [4.69, 9.17) is 16.3 Å². The van der Waals surface area contributed by atoms with Crippen LogP contribution in [-0.2, 0) is 17.1 Å². The maximum absolute atomic E-state index is 13.7. The average Bonchev–Trinajstić information content (AvgIpc) is 2.57. The summed E-state index contributed by atoms with van der Waals surface area (Å²) < 4.78 is 19.0. The maximum atomic E-state index is 13.7. The van der Waals surface area contributed by atoms with Gasteiger partial charge in [0.15, 0.2) is 0 Å². The molecule has 0 fully saturated rings. The first-order valence-electron chi connectivity index (χ1n) is 7.39. The third kappa shape index (κ3) is 4.89. The Balaban J connectivity index is 1.88. The summed E-state index contributed by atoms with van der Waals surface area (Å²) in [6.07, 6.45) is 0. The van der Waals surface area contributed by atoms with E-state index in [1.807, 2.05) is 24.3 Å². The highest BCUT2D eigenvalue weighted by molar-refractivity contribution is 7.99. The van der Waals surface area contributed by atoms with E-state index in [1.54, 1.807) is 31.2 Å². The van der Waals surface area contributed by atoms with Crippen molar-refractivity contribution in [3.8, 4) is 5.75 Å². The molecule has 128 valence electrons. The van der Waals surface area contributed by atoms with Crippen LogP contribution in [0.1, 0.15) is 11.1 Å². The van der Waals surface area contributed by atoms with Gasteiger partial charge in [0.2, 0.25) is 5.91 Å². The lowest BCUT2D eigenvalue weighted by Crippen LogP contribution is -2.28. The molecule has 3 nitrogen and oxygen atoms in total. The number of hydrogen-bond acceptors (Lipinski definition) is 3. The Morgan fingerprint density at radius 3 is 2.71 bits per heavy atom. The Labute approximate surface area is 150 Å². The minimum absolute atomic E-state index is 0.0293. The number of para-hydroxylation sites is 1. The van der Waals surface area contributed by atoms with Crippen LogP contribution in [0.15, 0.2) is 42.5 Å². The van der Waals surface area contributed by atoms with E-state index in [-0.39, 0.29) is 17.5 Å². The first-order chi connectivity index (χ1) is 11.5. The Morgan fingerprint density at radius 2 is 2.00 bits per heavy atom. The second-order valence-electron chi connectivity index (χ2n) is 5.25. The monoisotopic (exact) mass is 367 g/mol. The van der Waals surface area contributed by atoms with Gasteiger partial charge in [-0.05, 0) is 18.2 Å². The smallest absolute Gasteiger partial charge is 0.232 e. The Hall–Kier alpha value is -1.72. The minimum Gasteiger partial charge on any atom is -0.496 e. The van der Waals surface area contributed by atoms with Crippen molar-refractivity contribution in [1.82, 2.24) is 4.90 Å². The molecule has 2 aromatic rings. The van der Waals surface area contributed by atoms with Gasteiger partial charge < -0.3 is 9.64 Å². The van der Waals surface area contributed by atoms with Gasteiger partial charge >= 0.3 is 0 Å². The van der Waals surface area contributed by atoms with Crippen LogP contribution in [0.3, 0.4) is 0 Å². The summed E-state index contributed by atoms with van der Waals surface area (Å²) in [5.74, 6) is 1.00. The Kier molecular flexibility index (Phi) is 6.94. The lowest BCUT2D eigenvalue weighted by Gasteiger charge is -2.18. The molecule has 0 radical (unpaired) electrons. The predicted octanol–water partition coefficient (Wildman–Crippen LogP) is 4.38. The van der Waals surface area contributed by atoms with Crippen molar-refractivity contribution in [2.45, 2.75) is 12.3 Å².